The van der Waals surface area contributed by atoms with Crippen LogP contribution in [-0.4, -0.2) is 20.8 Å². The first kappa shape index (κ1) is 17.1. The molecule has 4 aromatic rings. The lowest BCUT2D eigenvalue weighted by atomic mass is 10.1. The minimum Gasteiger partial charge on any atom is -0.497 e. The average molecular weight is 363 g/mol. The van der Waals surface area contributed by atoms with Crippen LogP contribution in [0.2, 0.25) is 0 Å². The van der Waals surface area contributed by atoms with Gasteiger partial charge in [-0.25, -0.2) is 4.79 Å². The number of ether oxygens (including phenoxy) is 1. The summed E-state index contributed by atoms with van der Waals surface area (Å²) in [5.74, 6) is 0.690. The van der Waals surface area contributed by atoms with Crippen molar-refractivity contribution in [1.29, 1.82) is 0 Å². The Morgan fingerprint density at radius 2 is 1.67 bits per heavy atom. The zero-order valence-electron chi connectivity index (χ0n) is 15.6. The molecule has 0 bridgehead atoms. The molecule has 138 valence electrons. The number of nitrogens with zero attached hydrogens (tertiary/aromatic N) is 3. The van der Waals surface area contributed by atoms with Crippen LogP contribution < -0.4 is 16.0 Å². The Hall–Kier alpha value is -3.28. The fourth-order valence-electron chi connectivity index (χ4n) is 3.69. The highest BCUT2D eigenvalue weighted by Crippen LogP contribution is 2.28. The van der Waals surface area contributed by atoms with Gasteiger partial charge in [-0.1, -0.05) is 30.3 Å². The molecule has 2 heterocycles. The lowest BCUT2D eigenvalue weighted by molar-refractivity contribution is 0.415. The third-order valence-corrected chi connectivity index (χ3v) is 5.15. The van der Waals surface area contributed by atoms with E-state index in [1.807, 2.05) is 60.1 Å². The van der Waals surface area contributed by atoms with Gasteiger partial charge in [-0.05, 0) is 30.2 Å². The monoisotopic (exact) mass is 363 g/mol. The Labute approximate surface area is 155 Å². The number of aromatic nitrogens is 3. The van der Waals surface area contributed by atoms with Crippen LogP contribution >= 0.6 is 0 Å². The summed E-state index contributed by atoms with van der Waals surface area (Å²) in [5.41, 5.74) is 2.57. The standard InChI is InChI=1S/C21H21N3O3/c1-22-17-10-9-15(27-3)13-16(17)18-19(22)20(25)24(21(26)23(18)2)12-11-14-7-5-4-6-8-14/h4-10,13H,11-12H2,1-3H3. The Morgan fingerprint density at radius 1 is 0.926 bits per heavy atom. The quantitative estimate of drug-likeness (QED) is 0.560. The first-order valence-corrected chi connectivity index (χ1v) is 8.83. The highest BCUT2D eigenvalue weighted by atomic mass is 16.5. The van der Waals surface area contributed by atoms with Gasteiger partial charge in [0.15, 0.2) is 0 Å². The highest BCUT2D eigenvalue weighted by Gasteiger charge is 2.19. The number of benzene rings is 2. The van der Waals surface area contributed by atoms with Crippen LogP contribution in [0.3, 0.4) is 0 Å². The molecule has 0 saturated carbocycles. The van der Waals surface area contributed by atoms with E-state index >= 15 is 0 Å². The second-order valence-corrected chi connectivity index (χ2v) is 6.67. The second-order valence-electron chi connectivity index (χ2n) is 6.67. The van der Waals surface area contributed by atoms with Crippen LogP contribution in [0.5, 0.6) is 5.75 Å². The zero-order chi connectivity index (χ0) is 19.1. The van der Waals surface area contributed by atoms with Crippen LogP contribution in [0.1, 0.15) is 5.56 Å². The van der Waals surface area contributed by atoms with E-state index in [1.165, 1.54) is 4.57 Å². The van der Waals surface area contributed by atoms with Crippen molar-refractivity contribution in [3.8, 4) is 5.75 Å². The largest absolute Gasteiger partial charge is 0.497 e. The summed E-state index contributed by atoms with van der Waals surface area (Å²) in [5, 5.41) is 0.832. The molecule has 2 aromatic heterocycles. The van der Waals surface area contributed by atoms with E-state index in [-0.39, 0.29) is 11.2 Å². The maximum absolute atomic E-state index is 13.2. The van der Waals surface area contributed by atoms with Crippen molar-refractivity contribution in [2.45, 2.75) is 13.0 Å². The number of hydrogen-bond donors (Lipinski definition) is 0. The predicted octanol–water partition coefficient (Wildman–Crippen LogP) is 2.44. The average Bonchev–Trinajstić information content (AvgIpc) is 2.99. The number of aryl methyl sites for hydroxylation is 3. The minimum absolute atomic E-state index is 0.262. The number of fused-ring (bicyclic) bond motifs is 3. The van der Waals surface area contributed by atoms with E-state index in [0.29, 0.717) is 29.7 Å². The second kappa shape index (κ2) is 6.46. The number of methoxy groups -OCH3 is 1. The van der Waals surface area contributed by atoms with Gasteiger partial charge >= 0.3 is 5.69 Å². The molecule has 0 unspecified atom stereocenters. The molecule has 0 amide bonds. The number of hydrogen-bond acceptors (Lipinski definition) is 3. The van der Waals surface area contributed by atoms with Crippen molar-refractivity contribution >= 4 is 21.9 Å². The van der Waals surface area contributed by atoms with Gasteiger partial charge in [-0.3, -0.25) is 13.9 Å². The maximum Gasteiger partial charge on any atom is 0.331 e. The van der Waals surface area contributed by atoms with E-state index < -0.39 is 0 Å². The molecule has 0 aliphatic rings. The van der Waals surface area contributed by atoms with Crippen LogP contribution in [0.4, 0.5) is 0 Å². The van der Waals surface area contributed by atoms with E-state index in [1.54, 1.807) is 18.7 Å². The summed E-state index contributed by atoms with van der Waals surface area (Å²) in [4.78, 5) is 26.1. The van der Waals surface area contributed by atoms with Crippen molar-refractivity contribution in [3.63, 3.8) is 0 Å². The van der Waals surface area contributed by atoms with Crippen molar-refractivity contribution < 1.29 is 4.74 Å². The first-order valence-electron chi connectivity index (χ1n) is 8.83. The fourth-order valence-corrected chi connectivity index (χ4v) is 3.69. The van der Waals surface area contributed by atoms with Gasteiger partial charge in [-0.2, -0.15) is 0 Å². The Bertz CT molecular complexity index is 1260. The van der Waals surface area contributed by atoms with Gasteiger partial charge in [0.05, 0.1) is 18.1 Å². The lowest BCUT2D eigenvalue weighted by Gasteiger charge is -2.09. The molecule has 0 saturated heterocycles. The van der Waals surface area contributed by atoms with Crippen LogP contribution in [0, 0.1) is 0 Å². The molecule has 0 N–H and O–H groups in total. The van der Waals surface area contributed by atoms with Gasteiger partial charge < -0.3 is 9.30 Å². The molecule has 2 aromatic carbocycles. The molecule has 6 nitrogen and oxygen atoms in total. The molecule has 0 spiro atoms. The molecule has 0 atom stereocenters. The molecule has 0 aliphatic carbocycles. The lowest BCUT2D eigenvalue weighted by Crippen LogP contribution is -2.39. The van der Waals surface area contributed by atoms with E-state index in [2.05, 4.69) is 0 Å². The third kappa shape index (κ3) is 2.65. The third-order valence-electron chi connectivity index (χ3n) is 5.15. The molecule has 0 aliphatic heterocycles. The van der Waals surface area contributed by atoms with Crippen molar-refractivity contribution in [1.82, 2.24) is 13.7 Å². The zero-order valence-corrected chi connectivity index (χ0v) is 15.6. The van der Waals surface area contributed by atoms with Crippen LogP contribution in [0.25, 0.3) is 21.9 Å². The Kier molecular flexibility index (Phi) is 4.11. The van der Waals surface area contributed by atoms with Crippen molar-refractivity contribution in [2.24, 2.45) is 14.1 Å². The summed E-state index contributed by atoms with van der Waals surface area (Å²) >= 11 is 0. The summed E-state index contributed by atoms with van der Waals surface area (Å²) in [7, 11) is 5.16. The predicted molar refractivity (Wildman–Crippen MR) is 107 cm³/mol. The smallest absolute Gasteiger partial charge is 0.331 e. The Balaban J connectivity index is 1.95. The minimum atomic E-state index is -0.307. The SMILES string of the molecule is COc1ccc2c(c1)c1c(c(=O)n(CCc3ccccc3)c(=O)n1C)n2C. The van der Waals surface area contributed by atoms with E-state index in [4.69, 9.17) is 4.74 Å². The molecule has 6 heteroatoms. The van der Waals surface area contributed by atoms with E-state index in [9.17, 15) is 9.59 Å². The maximum atomic E-state index is 13.2. The van der Waals surface area contributed by atoms with Gasteiger partial charge in [-0.15, -0.1) is 0 Å². The van der Waals surface area contributed by atoms with Crippen LogP contribution in [0.15, 0.2) is 58.1 Å². The molecule has 0 radical (unpaired) electrons. The van der Waals surface area contributed by atoms with Crippen molar-refractivity contribution in [3.05, 3.63) is 74.9 Å². The normalized spacial score (nSPS) is 11.4. The summed E-state index contributed by atoms with van der Waals surface area (Å²) in [6.07, 6.45) is 0.624. The molecule has 27 heavy (non-hydrogen) atoms. The van der Waals surface area contributed by atoms with Gasteiger partial charge in [0.1, 0.15) is 11.3 Å². The first-order chi connectivity index (χ1) is 13.0. The van der Waals surface area contributed by atoms with Gasteiger partial charge in [0.2, 0.25) is 0 Å². The summed E-state index contributed by atoms with van der Waals surface area (Å²) in [6, 6.07) is 15.5. The topological polar surface area (TPSA) is 58.2 Å². The molecular formula is C21H21N3O3. The van der Waals surface area contributed by atoms with Crippen LogP contribution in [-0.2, 0) is 27.1 Å². The molecule has 4 rings (SSSR count). The molecule has 0 fully saturated rings. The van der Waals surface area contributed by atoms with Gasteiger partial charge in [0.25, 0.3) is 5.56 Å². The Morgan fingerprint density at radius 3 is 2.37 bits per heavy atom. The highest BCUT2D eigenvalue weighted by molar-refractivity contribution is 6.06. The summed E-state index contributed by atoms with van der Waals surface area (Å²) < 4.78 is 10.0. The van der Waals surface area contributed by atoms with Gasteiger partial charge in [0, 0.05) is 26.0 Å². The number of rotatable bonds is 4. The van der Waals surface area contributed by atoms with Crippen molar-refractivity contribution in [2.75, 3.05) is 7.11 Å². The van der Waals surface area contributed by atoms with E-state index in [0.717, 1.165) is 16.5 Å². The summed E-state index contributed by atoms with van der Waals surface area (Å²) in [6.45, 7) is 0.344. The fraction of sp³-hybridized carbons (Fsp3) is 0.238. The molecular weight excluding hydrogens is 342 g/mol.